The maximum absolute atomic E-state index is 11.6. The molecule has 1 aliphatic heterocycles. The summed E-state index contributed by atoms with van der Waals surface area (Å²) in [5.74, 6) is -0.271. The van der Waals surface area contributed by atoms with E-state index in [1.165, 1.54) is 0 Å². The Hall–Kier alpha value is -1.40. The molecule has 0 bridgehead atoms. The minimum Gasteiger partial charge on any atom is -0.349 e. The lowest BCUT2D eigenvalue weighted by atomic mass is 9.90. The molecule has 1 saturated heterocycles. The maximum atomic E-state index is 11.6. The van der Waals surface area contributed by atoms with E-state index in [0.29, 0.717) is 0 Å². The Morgan fingerprint density at radius 1 is 1.32 bits per heavy atom. The van der Waals surface area contributed by atoms with Crippen LogP contribution in [0.15, 0.2) is 30.3 Å². The summed E-state index contributed by atoms with van der Waals surface area (Å²) in [4.78, 5) is 11.6. The van der Waals surface area contributed by atoms with Gasteiger partial charge in [-0.05, 0) is 12.5 Å². The monoisotopic (exact) mass is 283 g/mol. The van der Waals surface area contributed by atoms with Gasteiger partial charge in [0.1, 0.15) is 0 Å². The third-order valence-electron chi connectivity index (χ3n) is 3.25. The standard InChI is InChI=1S/C13H17NO4S/c1-9(18-19(2,16)17)11-8-12(15)14-13(11)10-6-4-3-5-7-10/h3-7,9,11,13H,8H2,1-2H3,(H,14,15)/t9-,11+,13-/m1/s1. The summed E-state index contributed by atoms with van der Waals surface area (Å²) < 4.78 is 27.4. The van der Waals surface area contributed by atoms with Gasteiger partial charge in [-0.25, -0.2) is 0 Å². The normalized spacial score (nSPS) is 25.1. The molecule has 0 spiro atoms. The second-order valence-corrected chi connectivity index (χ2v) is 6.43. The molecular weight excluding hydrogens is 266 g/mol. The van der Waals surface area contributed by atoms with Crippen molar-refractivity contribution < 1.29 is 17.4 Å². The number of hydrogen-bond acceptors (Lipinski definition) is 4. The largest absolute Gasteiger partial charge is 0.349 e. The first-order chi connectivity index (χ1) is 8.87. The Bertz CT molecular complexity index is 555. The van der Waals surface area contributed by atoms with Gasteiger partial charge in [-0.15, -0.1) is 0 Å². The minimum absolute atomic E-state index is 0.0807. The Labute approximate surface area is 113 Å². The zero-order valence-electron chi connectivity index (χ0n) is 10.9. The summed E-state index contributed by atoms with van der Waals surface area (Å²) in [5, 5.41) is 2.87. The minimum atomic E-state index is -3.52. The summed E-state index contributed by atoms with van der Waals surface area (Å²) in [6.45, 7) is 1.68. The topological polar surface area (TPSA) is 72.5 Å². The quantitative estimate of drug-likeness (QED) is 0.844. The van der Waals surface area contributed by atoms with Crippen LogP contribution in [-0.4, -0.2) is 26.7 Å². The highest BCUT2D eigenvalue weighted by Gasteiger charge is 2.38. The molecule has 1 amide bonds. The molecule has 6 heteroatoms. The highest BCUT2D eigenvalue weighted by atomic mass is 32.2. The number of rotatable bonds is 4. The molecule has 0 aromatic heterocycles. The number of carbonyl (C=O) groups is 1. The van der Waals surface area contributed by atoms with Crippen molar-refractivity contribution in [3.63, 3.8) is 0 Å². The molecule has 1 fully saturated rings. The molecule has 104 valence electrons. The zero-order chi connectivity index (χ0) is 14.0. The van der Waals surface area contributed by atoms with Gasteiger partial charge in [0.2, 0.25) is 5.91 Å². The van der Waals surface area contributed by atoms with Crippen molar-refractivity contribution in [3.8, 4) is 0 Å². The second-order valence-electron chi connectivity index (χ2n) is 4.83. The van der Waals surface area contributed by atoms with E-state index < -0.39 is 16.2 Å². The summed E-state index contributed by atoms with van der Waals surface area (Å²) in [6.07, 6.45) is 0.751. The van der Waals surface area contributed by atoms with E-state index >= 15 is 0 Å². The van der Waals surface area contributed by atoms with E-state index in [1.54, 1.807) is 6.92 Å². The number of carbonyl (C=O) groups excluding carboxylic acids is 1. The van der Waals surface area contributed by atoms with E-state index in [2.05, 4.69) is 5.32 Å². The van der Waals surface area contributed by atoms with E-state index in [4.69, 9.17) is 4.18 Å². The van der Waals surface area contributed by atoms with Crippen molar-refractivity contribution in [2.24, 2.45) is 5.92 Å². The fourth-order valence-corrected chi connectivity index (χ4v) is 3.14. The van der Waals surface area contributed by atoms with Gasteiger partial charge >= 0.3 is 0 Å². The van der Waals surface area contributed by atoms with Gasteiger partial charge in [-0.2, -0.15) is 8.42 Å². The third-order valence-corrected chi connectivity index (χ3v) is 3.91. The first-order valence-electron chi connectivity index (χ1n) is 6.09. The number of amides is 1. The van der Waals surface area contributed by atoms with Gasteiger partial charge in [-0.3, -0.25) is 8.98 Å². The van der Waals surface area contributed by atoms with E-state index in [0.717, 1.165) is 11.8 Å². The summed E-state index contributed by atoms with van der Waals surface area (Å²) in [7, 11) is -3.52. The van der Waals surface area contributed by atoms with Crippen LogP contribution in [0.1, 0.15) is 24.9 Å². The SMILES string of the molecule is C[C@@H](OS(C)(=O)=O)[C@@H]1CC(=O)N[C@@H]1c1ccccc1. The van der Waals surface area contributed by atoms with Gasteiger partial charge in [-0.1, -0.05) is 30.3 Å². The summed E-state index contributed by atoms with van der Waals surface area (Å²) >= 11 is 0. The van der Waals surface area contributed by atoms with Gasteiger partial charge in [0.05, 0.1) is 18.4 Å². The van der Waals surface area contributed by atoms with Crippen molar-refractivity contribution in [3.05, 3.63) is 35.9 Å². The van der Waals surface area contributed by atoms with Crippen LogP contribution in [0.25, 0.3) is 0 Å². The van der Waals surface area contributed by atoms with E-state index in [9.17, 15) is 13.2 Å². The molecule has 2 rings (SSSR count). The van der Waals surface area contributed by atoms with Crippen LogP contribution in [-0.2, 0) is 19.1 Å². The summed E-state index contributed by atoms with van der Waals surface area (Å²) in [6, 6.07) is 9.29. The van der Waals surface area contributed by atoms with E-state index in [-0.39, 0.29) is 24.3 Å². The Kier molecular flexibility index (Phi) is 3.91. The van der Waals surface area contributed by atoms with Gasteiger partial charge < -0.3 is 5.32 Å². The fraction of sp³-hybridized carbons (Fsp3) is 0.462. The fourth-order valence-electron chi connectivity index (χ4n) is 2.45. The van der Waals surface area contributed by atoms with Crippen LogP contribution in [0.3, 0.4) is 0 Å². The molecule has 1 aromatic rings. The molecule has 0 unspecified atom stereocenters. The lowest BCUT2D eigenvalue weighted by molar-refractivity contribution is -0.119. The molecule has 19 heavy (non-hydrogen) atoms. The molecule has 1 heterocycles. The molecule has 1 N–H and O–H groups in total. The van der Waals surface area contributed by atoms with E-state index in [1.807, 2.05) is 30.3 Å². The second kappa shape index (κ2) is 5.30. The van der Waals surface area contributed by atoms with Crippen LogP contribution in [0.4, 0.5) is 0 Å². The van der Waals surface area contributed by atoms with Gasteiger partial charge in [0.15, 0.2) is 0 Å². The molecule has 0 radical (unpaired) electrons. The molecule has 1 aliphatic rings. The highest BCUT2D eigenvalue weighted by Crippen LogP contribution is 2.34. The van der Waals surface area contributed by atoms with Crippen LogP contribution < -0.4 is 5.32 Å². The molecule has 1 aromatic carbocycles. The van der Waals surface area contributed by atoms with Gasteiger partial charge in [0.25, 0.3) is 10.1 Å². The van der Waals surface area contributed by atoms with Crippen LogP contribution in [0.2, 0.25) is 0 Å². The number of nitrogens with one attached hydrogen (secondary N) is 1. The van der Waals surface area contributed by atoms with Crippen LogP contribution in [0.5, 0.6) is 0 Å². The van der Waals surface area contributed by atoms with Crippen LogP contribution in [0, 0.1) is 5.92 Å². The molecule has 0 aliphatic carbocycles. The Morgan fingerprint density at radius 3 is 2.53 bits per heavy atom. The number of benzene rings is 1. The first-order valence-corrected chi connectivity index (χ1v) is 7.91. The first kappa shape index (κ1) is 14.0. The van der Waals surface area contributed by atoms with Crippen molar-refractivity contribution in [1.82, 2.24) is 5.32 Å². The molecular formula is C13H17NO4S. The highest BCUT2D eigenvalue weighted by molar-refractivity contribution is 7.86. The summed E-state index contributed by atoms with van der Waals surface area (Å²) in [5.41, 5.74) is 0.960. The zero-order valence-corrected chi connectivity index (χ0v) is 11.7. The lowest BCUT2D eigenvalue weighted by Crippen LogP contribution is -2.29. The van der Waals surface area contributed by atoms with Gasteiger partial charge in [0, 0.05) is 12.3 Å². The number of hydrogen-bond donors (Lipinski definition) is 1. The Balaban J connectivity index is 2.21. The smallest absolute Gasteiger partial charge is 0.264 e. The molecule has 5 nitrogen and oxygen atoms in total. The Morgan fingerprint density at radius 2 is 1.95 bits per heavy atom. The van der Waals surface area contributed by atoms with Crippen molar-refractivity contribution in [1.29, 1.82) is 0 Å². The third kappa shape index (κ3) is 3.54. The lowest BCUT2D eigenvalue weighted by Gasteiger charge is -2.24. The van der Waals surface area contributed by atoms with Crippen molar-refractivity contribution in [2.75, 3.05) is 6.26 Å². The molecule has 3 atom stereocenters. The average molecular weight is 283 g/mol. The molecule has 0 saturated carbocycles. The predicted octanol–water partition coefficient (Wildman–Crippen LogP) is 1.23. The predicted molar refractivity (Wildman–Crippen MR) is 70.8 cm³/mol. The average Bonchev–Trinajstić information content (AvgIpc) is 2.70. The van der Waals surface area contributed by atoms with Crippen LogP contribution >= 0.6 is 0 Å². The maximum Gasteiger partial charge on any atom is 0.264 e. The van der Waals surface area contributed by atoms with Crippen molar-refractivity contribution >= 4 is 16.0 Å². The van der Waals surface area contributed by atoms with Crippen molar-refractivity contribution in [2.45, 2.75) is 25.5 Å².